The fourth-order valence-electron chi connectivity index (χ4n) is 3.69. The summed E-state index contributed by atoms with van der Waals surface area (Å²) in [6.07, 6.45) is 3.52. The number of anilines is 2. The van der Waals surface area contributed by atoms with Gasteiger partial charge in [0.15, 0.2) is 0 Å². The molecule has 1 aliphatic rings. The number of hydrogen-bond acceptors (Lipinski definition) is 5. The van der Waals surface area contributed by atoms with Crippen LogP contribution < -0.4 is 11.1 Å². The van der Waals surface area contributed by atoms with Gasteiger partial charge < -0.3 is 20.9 Å². The number of benzene rings is 1. The van der Waals surface area contributed by atoms with E-state index in [2.05, 4.69) is 29.0 Å². The normalized spacial score (nSPS) is 16.2. The van der Waals surface area contributed by atoms with Crippen LogP contribution >= 0.6 is 0 Å². The number of nitrogens with two attached hydrogens (primary N) is 1. The molecular weight excluding hydrogens is 366 g/mol. The van der Waals surface area contributed by atoms with E-state index in [0.717, 1.165) is 39.0 Å². The minimum absolute atomic E-state index is 0.0218. The lowest BCUT2D eigenvalue weighted by molar-refractivity contribution is 0.0703. The molecule has 0 radical (unpaired) electrons. The van der Waals surface area contributed by atoms with E-state index in [1.165, 1.54) is 6.20 Å². The predicted molar refractivity (Wildman–Crippen MR) is 115 cm³/mol. The molecule has 1 aliphatic heterocycles. The van der Waals surface area contributed by atoms with E-state index in [-0.39, 0.29) is 23.6 Å². The number of para-hydroxylation sites is 2. The van der Waals surface area contributed by atoms with Crippen molar-refractivity contribution in [3.8, 4) is 0 Å². The lowest BCUT2D eigenvalue weighted by Gasteiger charge is -2.29. The van der Waals surface area contributed by atoms with Crippen LogP contribution in [0.2, 0.25) is 0 Å². The number of pyridine rings is 1. The number of carbonyl (C=O) groups excluding carboxylic acids is 2. The number of likely N-dealkylation sites (tertiary alicyclic amines) is 1. The number of rotatable bonds is 7. The molecule has 1 atom stereocenters. The van der Waals surface area contributed by atoms with E-state index in [1.54, 1.807) is 36.4 Å². The van der Waals surface area contributed by atoms with Gasteiger partial charge in [-0.05, 0) is 50.2 Å². The highest BCUT2D eigenvalue weighted by Crippen LogP contribution is 2.21. The predicted octanol–water partition coefficient (Wildman–Crippen LogP) is 2.86. The molecule has 2 aromatic rings. The minimum atomic E-state index is -0.359. The third-order valence-electron chi connectivity index (χ3n) is 5.45. The molecule has 0 aliphatic carbocycles. The van der Waals surface area contributed by atoms with Gasteiger partial charge in [-0.3, -0.25) is 14.6 Å². The molecule has 2 amide bonds. The molecule has 0 saturated carbocycles. The van der Waals surface area contributed by atoms with Crippen LogP contribution in [-0.4, -0.2) is 58.8 Å². The maximum Gasteiger partial charge on any atom is 0.274 e. The molecule has 7 nitrogen and oxygen atoms in total. The summed E-state index contributed by atoms with van der Waals surface area (Å²) >= 11 is 0. The SMILES string of the molecule is CCN(CC)CC1CCCN1C(=O)c1ccc(C(=O)Nc2ccccc2N)nc1. The van der Waals surface area contributed by atoms with Crippen LogP contribution in [0.4, 0.5) is 11.4 Å². The Morgan fingerprint density at radius 1 is 1.21 bits per heavy atom. The van der Waals surface area contributed by atoms with E-state index in [0.29, 0.717) is 16.9 Å². The molecule has 29 heavy (non-hydrogen) atoms. The monoisotopic (exact) mass is 395 g/mol. The lowest BCUT2D eigenvalue weighted by atomic mass is 10.1. The largest absolute Gasteiger partial charge is 0.397 e. The van der Waals surface area contributed by atoms with Crippen molar-refractivity contribution in [1.82, 2.24) is 14.8 Å². The first kappa shape index (κ1) is 20.8. The second kappa shape index (κ2) is 9.52. The van der Waals surface area contributed by atoms with Gasteiger partial charge in [-0.15, -0.1) is 0 Å². The van der Waals surface area contributed by atoms with Gasteiger partial charge in [0.05, 0.1) is 16.9 Å². The Labute approximate surface area is 171 Å². The summed E-state index contributed by atoms with van der Waals surface area (Å²) in [5, 5.41) is 2.74. The molecule has 2 heterocycles. The van der Waals surface area contributed by atoms with E-state index in [1.807, 2.05) is 4.90 Å². The molecule has 3 rings (SSSR count). The minimum Gasteiger partial charge on any atom is -0.397 e. The number of hydrogen-bond donors (Lipinski definition) is 2. The highest BCUT2D eigenvalue weighted by molar-refractivity contribution is 6.05. The molecule has 3 N–H and O–H groups in total. The zero-order valence-electron chi connectivity index (χ0n) is 17.1. The van der Waals surface area contributed by atoms with Crippen molar-refractivity contribution >= 4 is 23.2 Å². The van der Waals surface area contributed by atoms with Crippen molar-refractivity contribution in [3.05, 3.63) is 53.9 Å². The Hall–Kier alpha value is -2.93. The molecule has 0 spiro atoms. The highest BCUT2D eigenvalue weighted by Gasteiger charge is 2.30. The first-order valence-corrected chi connectivity index (χ1v) is 10.2. The van der Waals surface area contributed by atoms with Gasteiger partial charge in [-0.1, -0.05) is 26.0 Å². The molecule has 7 heteroatoms. The molecule has 1 fully saturated rings. The van der Waals surface area contributed by atoms with Gasteiger partial charge in [0.1, 0.15) is 5.69 Å². The zero-order chi connectivity index (χ0) is 20.8. The van der Waals surface area contributed by atoms with Crippen molar-refractivity contribution in [3.63, 3.8) is 0 Å². The molecule has 0 bridgehead atoms. The number of aromatic nitrogens is 1. The van der Waals surface area contributed by atoms with Gasteiger partial charge in [0.2, 0.25) is 0 Å². The summed E-state index contributed by atoms with van der Waals surface area (Å²) in [6.45, 7) is 7.90. The zero-order valence-corrected chi connectivity index (χ0v) is 17.1. The number of nitrogen functional groups attached to an aromatic ring is 1. The highest BCUT2D eigenvalue weighted by atomic mass is 16.2. The number of likely N-dealkylation sites (N-methyl/N-ethyl adjacent to an activating group) is 1. The molecular formula is C22H29N5O2. The van der Waals surface area contributed by atoms with E-state index >= 15 is 0 Å². The Kier molecular flexibility index (Phi) is 6.82. The van der Waals surface area contributed by atoms with Crippen molar-refractivity contribution < 1.29 is 9.59 Å². The number of amides is 2. The molecule has 1 saturated heterocycles. The molecule has 1 aromatic heterocycles. The van der Waals surface area contributed by atoms with Gasteiger partial charge in [-0.2, -0.15) is 0 Å². The summed E-state index contributed by atoms with van der Waals surface area (Å²) in [7, 11) is 0. The van der Waals surface area contributed by atoms with Crippen LogP contribution in [0.3, 0.4) is 0 Å². The van der Waals surface area contributed by atoms with Crippen LogP contribution in [0.1, 0.15) is 47.5 Å². The van der Waals surface area contributed by atoms with Crippen molar-refractivity contribution in [1.29, 1.82) is 0 Å². The topological polar surface area (TPSA) is 91.6 Å². The van der Waals surface area contributed by atoms with E-state index in [9.17, 15) is 9.59 Å². The van der Waals surface area contributed by atoms with E-state index < -0.39 is 0 Å². The lowest BCUT2D eigenvalue weighted by Crippen LogP contribution is -2.43. The van der Waals surface area contributed by atoms with E-state index in [4.69, 9.17) is 5.73 Å². The second-order valence-electron chi connectivity index (χ2n) is 7.25. The first-order valence-electron chi connectivity index (χ1n) is 10.2. The third kappa shape index (κ3) is 4.92. The summed E-state index contributed by atoms with van der Waals surface area (Å²) < 4.78 is 0. The van der Waals surface area contributed by atoms with Crippen LogP contribution in [0.15, 0.2) is 42.6 Å². The van der Waals surface area contributed by atoms with Crippen LogP contribution in [0.25, 0.3) is 0 Å². The molecule has 1 aromatic carbocycles. The Bertz CT molecular complexity index is 849. The Morgan fingerprint density at radius 3 is 2.62 bits per heavy atom. The summed E-state index contributed by atoms with van der Waals surface area (Å²) in [5.74, 6) is -0.381. The summed E-state index contributed by atoms with van der Waals surface area (Å²) in [4.78, 5) is 33.9. The second-order valence-corrected chi connectivity index (χ2v) is 7.25. The average Bonchev–Trinajstić information content (AvgIpc) is 3.21. The summed E-state index contributed by atoms with van der Waals surface area (Å²) in [5.41, 5.74) is 7.63. The Morgan fingerprint density at radius 2 is 1.97 bits per heavy atom. The van der Waals surface area contributed by atoms with Crippen LogP contribution in [-0.2, 0) is 0 Å². The van der Waals surface area contributed by atoms with Gasteiger partial charge in [-0.25, -0.2) is 0 Å². The number of nitrogens with one attached hydrogen (secondary N) is 1. The van der Waals surface area contributed by atoms with Crippen molar-refractivity contribution in [2.45, 2.75) is 32.7 Å². The third-order valence-corrected chi connectivity index (χ3v) is 5.45. The number of nitrogens with zero attached hydrogens (tertiary/aromatic N) is 3. The number of carbonyl (C=O) groups is 2. The average molecular weight is 396 g/mol. The maximum atomic E-state index is 13.0. The van der Waals surface area contributed by atoms with Crippen LogP contribution in [0.5, 0.6) is 0 Å². The molecule has 1 unspecified atom stereocenters. The first-order chi connectivity index (χ1) is 14.0. The van der Waals surface area contributed by atoms with Crippen molar-refractivity contribution in [2.24, 2.45) is 0 Å². The van der Waals surface area contributed by atoms with Crippen LogP contribution in [0, 0.1) is 0 Å². The van der Waals surface area contributed by atoms with Gasteiger partial charge in [0.25, 0.3) is 11.8 Å². The quantitative estimate of drug-likeness (QED) is 0.704. The fraction of sp³-hybridized carbons (Fsp3) is 0.409. The van der Waals surface area contributed by atoms with Gasteiger partial charge >= 0.3 is 0 Å². The standard InChI is InChI=1S/C22H29N5O2/c1-3-26(4-2)15-17-8-7-13-27(17)22(29)16-11-12-20(24-14-16)21(28)25-19-10-6-5-9-18(19)23/h5-6,9-12,14,17H,3-4,7-8,13,15,23H2,1-2H3,(H,25,28). The Balaban J connectivity index is 1.66. The summed E-state index contributed by atoms with van der Waals surface area (Å²) in [6, 6.07) is 10.5. The van der Waals surface area contributed by atoms with Crippen molar-refractivity contribution in [2.75, 3.05) is 37.2 Å². The fourth-order valence-corrected chi connectivity index (χ4v) is 3.69. The smallest absolute Gasteiger partial charge is 0.274 e. The molecule has 154 valence electrons. The van der Waals surface area contributed by atoms with Gasteiger partial charge in [0, 0.05) is 25.3 Å². The maximum absolute atomic E-state index is 13.0.